The summed E-state index contributed by atoms with van der Waals surface area (Å²) in [7, 11) is 0. The van der Waals surface area contributed by atoms with Gasteiger partial charge in [-0.3, -0.25) is 9.36 Å². The van der Waals surface area contributed by atoms with E-state index in [1.165, 1.54) is 16.2 Å². The van der Waals surface area contributed by atoms with Crippen LogP contribution in [0.25, 0.3) is 10.2 Å². The van der Waals surface area contributed by atoms with Crippen molar-refractivity contribution in [1.82, 2.24) is 9.55 Å². The second-order valence-corrected chi connectivity index (χ2v) is 6.87. The number of aromatic amines is 1. The molecule has 0 bridgehead atoms. The molecule has 20 heavy (non-hydrogen) atoms. The first-order valence-corrected chi connectivity index (χ1v) is 8.64. The smallest absolute Gasteiger partial charge is 0.263 e. The Morgan fingerprint density at radius 3 is 2.90 bits per heavy atom. The average molecular weight is 322 g/mol. The Morgan fingerprint density at radius 2 is 2.20 bits per heavy atom. The molecule has 104 valence electrons. The molecule has 3 nitrogen and oxygen atoms in total. The zero-order valence-corrected chi connectivity index (χ0v) is 13.4. The molecule has 1 N–H and O–H groups in total. The summed E-state index contributed by atoms with van der Waals surface area (Å²) in [6.45, 7) is 2.13. The van der Waals surface area contributed by atoms with Crippen molar-refractivity contribution in [3.05, 3.63) is 49.0 Å². The monoisotopic (exact) mass is 322 g/mol. The summed E-state index contributed by atoms with van der Waals surface area (Å²) in [6, 6.07) is 5.98. The third kappa shape index (κ3) is 2.28. The van der Waals surface area contributed by atoms with E-state index in [-0.39, 0.29) is 11.6 Å². The summed E-state index contributed by atoms with van der Waals surface area (Å²) in [4.78, 5) is 17.9. The van der Waals surface area contributed by atoms with Gasteiger partial charge in [0.25, 0.3) is 5.56 Å². The maximum absolute atomic E-state index is 12.7. The molecule has 0 aliphatic heterocycles. The molecule has 6 heteroatoms. The lowest BCUT2D eigenvalue weighted by molar-refractivity contribution is 0.516. The number of H-pyrrole nitrogens is 1. The highest BCUT2D eigenvalue weighted by molar-refractivity contribution is 7.71. The van der Waals surface area contributed by atoms with Gasteiger partial charge < -0.3 is 4.98 Å². The fraction of sp³-hybridized carbons (Fsp3) is 0.286. The Labute approximate surface area is 129 Å². The van der Waals surface area contributed by atoms with Gasteiger partial charge in [-0.25, -0.2) is 0 Å². The van der Waals surface area contributed by atoms with Gasteiger partial charge in [-0.1, -0.05) is 19.4 Å². The number of nitrogens with zero attached hydrogens (tertiary/aromatic N) is 1. The third-order valence-electron chi connectivity index (χ3n) is 3.30. The highest BCUT2D eigenvalue weighted by Gasteiger charge is 2.18. The molecule has 0 aliphatic carbocycles. The summed E-state index contributed by atoms with van der Waals surface area (Å²) >= 11 is 8.60. The van der Waals surface area contributed by atoms with Crippen molar-refractivity contribution < 1.29 is 0 Å². The molecule has 3 rings (SSSR count). The molecule has 0 spiro atoms. The van der Waals surface area contributed by atoms with Gasteiger partial charge in [0.05, 0.1) is 11.4 Å². The first-order valence-electron chi connectivity index (χ1n) is 6.47. The van der Waals surface area contributed by atoms with Gasteiger partial charge in [0.15, 0.2) is 4.77 Å². The van der Waals surface area contributed by atoms with E-state index >= 15 is 0 Å². The van der Waals surface area contributed by atoms with Crippen molar-refractivity contribution in [3.63, 3.8) is 0 Å². The van der Waals surface area contributed by atoms with Crippen LogP contribution in [0.15, 0.2) is 33.8 Å². The second kappa shape index (κ2) is 5.63. The Hall–Kier alpha value is -1.24. The van der Waals surface area contributed by atoms with Crippen LogP contribution in [0.2, 0.25) is 0 Å². The van der Waals surface area contributed by atoms with Crippen LogP contribution < -0.4 is 5.56 Å². The van der Waals surface area contributed by atoms with Gasteiger partial charge in [0.2, 0.25) is 0 Å². The molecule has 3 aromatic heterocycles. The number of rotatable bonds is 4. The molecule has 0 aliphatic rings. The van der Waals surface area contributed by atoms with Crippen LogP contribution in [-0.4, -0.2) is 9.55 Å². The number of hydrogen-bond acceptors (Lipinski definition) is 4. The highest BCUT2D eigenvalue weighted by atomic mass is 32.1. The Morgan fingerprint density at radius 1 is 1.35 bits per heavy atom. The summed E-state index contributed by atoms with van der Waals surface area (Å²) in [5.74, 6) is 0. The van der Waals surface area contributed by atoms with Crippen LogP contribution in [0.4, 0.5) is 0 Å². The maximum Gasteiger partial charge on any atom is 0.263 e. The molecule has 0 radical (unpaired) electrons. The molecule has 3 heterocycles. The van der Waals surface area contributed by atoms with Crippen LogP contribution in [0.1, 0.15) is 30.7 Å². The van der Waals surface area contributed by atoms with Gasteiger partial charge in [-0.2, -0.15) is 0 Å². The number of hydrogen-bond donors (Lipinski definition) is 1. The molecule has 0 saturated carbocycles. The van der Waals surface area contributed by atoms with Crippen molar-refractivity contribution in [2.75, 3.05) is 0 Å². The number of fused-ring (bicyclic) bond motifs is 1. The quantitative estimate of drug-likeness (QED) is 0.714. The Balaban J connectivity index is 2.25. The van der Waals surface area contributed by atoms with Gasteiger partial charge >= 0.3 is 0 Å². The van der Waals surface area contributed by atoms with Crippen LogP contribution in [-0.2, 0) is 0 Å². The predicted octanol–water partition coefficient (Wildman–Crippen LogP) is 4.57. The largest absolute Gasteiger partial charge is 0.323 e. The topological polar surface area (TPSA) is 37.8 Å². The number of thiophene rings is 2. The first-order chi connectivity index (χ1) is 9.72. The maximum atomic E-state index is 12.7. The molecule has 0 fully saturated rings. The van der Waals surface area contributed by atoms with E-state index in [0.29, 0.717) is 4.77 Å². The minimum atomic E-state index is 0.0110. The van der Waals surface area contributed by atoms with Crippen molar-refractivity contribution in [1.29, 1.82) is 0 Å². The molecule has 1 unspecified atom stereocenters. The van der Waals surface area contributed by atoms with Gasteiger partial charge in [0.1, 0.15) is 4.83 Å². The molecule has 3 aromatic rings. The first kappa shape index (κ1) is 13.7. The normalized spacial score (nSPS) is 12.8. The summed E-state index contributed by atoms with van der Waals surface area (Å²) in [5, 5.41) is 4.68. The lowest BCUT2D eigenvalue weighted by Crippen LogP contribution is -2.26. The fourth-order valence-electron chi connectivity index (χ4n) is 2.39. The van der Waals surface area contributed by atoms with E-state index in [9.17, 15) is 4.79 Å². The Kier molecular flexibility index (Phi) is 3.87. The standard InChI is InChI=1S/C14H14N2OS3/c1-2-4-10(11-5-3-7-19-11)16-13(17)9-6-8-20-12(9)15-14(16)18/h3,5-8,10H,2,4H2,1H3,(H,15,18). The zero-order valence-electron chi connectivity index (χ0n) is 11.0. The number of nitrogens with one attached hydrogen (secondary N) is 1. The van der Waals surface area contributed by atoms with Crippen molar-refractivity contribution >= 4 is 45.1 Å². The Bertz CT molecular complexity index is 826. The summed E-state index contributed by atoms with van der Waals surface area (Å²) < 4.78 is 2.25. The van der Waals surface area contributed by atoms with Crippen LogP contribution in [0, 0.1) is 4.77 Å². The lowest BCUT2D eigenvalue weighted by atomic mass is 10.1. The molecule has 0 amide bonds. The highest BCUT2D eigenvalue weighted by Crippen LogP contribution is 2.27. The predicted molar refractivity (Wildman–Crippen MR) is 88.6 cm³/mol. The van der Waals surface area contributed by atoms with E-state index in [1.807, 2.05) is 22.9 Å². The van der Waals surface area contributed by atoms with Crippen LogP contribution in [0.3, 0.4) is 0 Å². The minimum absolute atomic E-state index is 0.0110. The molecule has 0 aromatic carbocycles. The zero-order chi connectivity index (χ0) is 14.1. The van der Waals surface area contributed by atoms with Gasteiger partial charge in [-0.15, -0.1) is 22.7 Å². The fourth-order valence-corrected chi connectivity index (χ4v) is 4.40. The average Bonchev–Trinajstić information content (AvgIpc) is 3.08. The minimum Gasteiger partial charge on any atom is -0.323 e. The lowest BCUT2D eigenvalue weighted by Gasteiger charge is -2.18. The van der Waals surface area contributed by atoms with Crippen molar-refractivity contribution in [2.45, 2.75) is 25.8 Å². The number of aromatic nitrogens is 2. The SMILES string of the molecule is CCCC(c1cccs1)n1c(=S)[nH]c2sccc2c1=O. The summed E-state index contributed by atoms with van der Waals surface area (Å²) in [5.41, 5.74) is 0.0110. The van der Waals surface area contributed by atoms with E-state index < -0.39 is 0 Å². The molecular weight excluding hydrogens is 308 g/mol. The molecular formula is C14H14N2OS3. The molecule has 1 atom stereocenters. The van der Waals surface area contributed by atoms with Crippen molar-refractivity contribution in [2.24, 2.45) is 0 Å². The van der Waals surface area contributed by atoms with E-state index in [0.717, 1.165) is 23.1 Å². The second-order valence-electron chi connectivity index (χ2n) is 4.59. The van der Waals surface area contributed by atoms with Gasteiger partial charge in [-0.05, 0) is 41.5 Å². The van der Waals surface area contributed by atoms with E-state index in [4.69, 9.17) is 12.2 Å². The van der Waals surface area contributed by atoms with Gasteiger partial charge in [0, 0.05) is 4.88 Å². The van der Waals surface area contributed by atoms with E-state index in [1.54, 1.807) is 15.9 Å². The summed E-state index contributed by atoms with van der Waals surface area (Å²) in [6.07, 6.45) is 1.92. The van der Waals surface area contributed by atoms with E-state index in [2.05, 4.69) is 18.0 Å². The third-order valence-corrected chi connectivity index (χ3v) is 5.40. The van der Waals surface area contributed by atoms with Crippen LogP contribution in [0.5, 0.6) is 0 Å². The van der Waals surface area contributed by atoms with Crippen LogP contribution >= 0.6 is 34.9 Å². The van der Waals surface area contributed by atoms with Crippen molar-refractivity contribution in [3.8, 4) is 0 Å². The molecule has 0 saturated heterocycles.